The number of hydroxylamine groups is 1. The Kier molecular flexibility index (Phi) is 6.56. The summed E-state index contributed by atoms with van der Waals surface area (Å²) in [7, 11) is 0. The number of alkyl halides is 3. The van der Waals surface area contributed by atoms with E-state index < -0.39 is 12.3 Å². The van der Waals surface area contributed by atoms with Gasteiger partial charge in [-0.1, -0.05) is 30.3 Å². The van der Waals surface area contributed by atoms with E-state index in [0.29, 0.717) is 17.9 Å². The fraction of sp³-hybridized carbons (Fsp3) is 0.222. The van der Waals surface area contributed by atoms with Crippen LogP contribution in [-0.2, 0) is 18.0 Å². The quantitative estimate of drug-likeness (QED) is 0.289. The van der Waals surface area contributed by atoms with E-state index in [0.717, 1.165) is 35.0 Å². The molecule has 0 saturated heterocycles. The Bertz CT molecular complexity index is 1350. The standard InChI is InChI=1S/C27H23F3N2O4/c28-27(29,30)35-24-11-6-18(7-12-24)16-32-22(17-34-23-4-2-1-3-5-23)15-20-14-19(8-13-25(20)32)26(33)36-31-21-9-10-21/h1-8,11-15,21,31H,9-10,16-17H2. The Morgan fingerprint density at radius 3 is 2.39 bits per heavy atom. The summed E-state index contributed by atoms with van der Waals surface area (Å²) in [6.45, 7) is 0.646. The molecule has 9 heteroatoms. The van der Waals surface area contributed by atoms with E-state index in [-0.39, 0.29) is 18.4 Å². The van der Waals surface area contributed by atoms with Crippen LogP contribution in [-0.4, -0.2) is 22.9 Å². The number of carbonyl (C=O) groups excluding carboxylic acids is 1. The number of nitrogens with zero attached hydrogens (tertiary/aromatic N) is 1. The van der Waals surface area contributed by atoms with Crippen LogP contribution in [0.25, 0.3) is 10.9 Å². The van der Waals surface area contributed by atoms with E-state index in [1.807, 2.05) is 47.0 Å². The number of carbonyl (C=O) groups is 1. The lowest BCUT2D eigenvalue weighted by molar-refractivity contribution is -0.274. The lowest BCUT2D eigenvalue weighted by Gasteiger charge is -2.13. The van der Waals surface area contributed by atoms with Crippen molar-refractivity contribution in [2.24, 2.45) is 0 Å². The van der Waals surface area contributed by atoms with Crippen molar-refractivity contribution in [2.75, 3.05) is 0 Å². The Labute approximate surface area is 205 Å². The van der Waals surface area contributed by atoms with Gasteiger partial charge in [0, 0.05) is 23.5 Å². The zero-order chi connectivity index (χ0) is 25.1. The molecule has 0 aliphatic heterocycles. The van der Waals surface area contributed by atoms with Crippen molar-refractivity contribution in [1.29, 1.82) is 0 Å². The van der Waals surface area contributed by atoms with E-state index in [4.69, 9.17) is 9.57 Å². The maximum atomic E-state index is 12.5. The van der Waals surface area contributed by atoms with Crippen LogP contribution in [0.5, 0.6) is 11.5 Å². The van der Waals surface area contributed by atoms with Crippen molar-refractivity contribution in [1.82, 2.24) is 10.0 Å². The highest BCUT2D eigenvalue weighted by molar-refractivity contribution is 5.95. The summed E-state index contributed by atoms with van der Waals surface area (Å²) in [4.78, 5) is 17.6. The first-order chi connectivity index (χ1) is 17.3. The molecule has 186 valence electrons. The largest absolute Gasteiger partial charge is 0.573 e. The molecule has 0 spiro atoms. The van der Waals surface area contributed by atoms with Crippen molar-refractivity contribution in [2.45, 2.75) is 38.4 Å². The number of rotatable bonds is 9. The van der Waals surface area contributed by atoms with Gasteiger partial charge < -0.3 is 18.9 Å². The smallest absolute Gasteiger partial charge is 0.487 e. The van der Waals surface area contributed by atoms with Crippen LogP contribution in [0.1, 0.15) is 34.5 Å². The van der Waals surface area contributed by atoms with Gasteiger partial charge in [-0.05, 0) is 66.9 Å². The molecule has 0 radical (unpaired) electrons. The summed E-state index contributed by atoms with van der Waals surface area (Å²) in [5.74, 6) is -0.0310. The zero-order valence-corrected chi connectivity index (χ0v) is 19.1. The third kappa shape index (κ3) is 5.98. The van der Waals surface area contributed by atoms with Gasteiger partial charge in [0.2, 0.25) is 0 Å². The summed E-state index contributed by atoms with van der Waals surface area (Å²) in [6, 6.07) is 22.6. The van der Waals surface area contributed by atoms with Gasteiger partial charge in [-0.3, -0.25) is 0 Å². The Balaban J connectivity index is 1.41. The fourth-order valence-corrected chi connectivity index (χ4v) is 3.81. The van der Waals surface area contributed by atoms with Crippen molar-refractivity contribution in [3.05, 3.63) is 95.7 Å². The van der Waals surface area contributed by atoms with Crippen LogP contribution in [0.15, 0.2) is 78.9 Å². The lowest BCUT2D eigenvalue weighted by atomic mass is 10.1. The fourth-order valence-electron chi connectivity index (χ4n) is 3.81. The van der Waals surface area contributed by atoms with E-state index in [2.05, 4.69) is 10.2 Å². The minimum absolute atomic E-state index is 0.230. The molecule has 36 heavy (non-hydrogen) atoms. The number of aromatic nitrogens is 1. The predicted molar refractivity (Wildman–Crippen MR) is 127 cm³/mol. The lowest BCUT2D eigenvalue weighted by Crippen LogP contribution is -2.21. The number of ether oxygens (including phenoxy) is 2. The molecule has 1 saturated carbocycles. The number of nitrogens with one attached hydrogen (secondary N) is 1. The second-order valence-electron chi connectivity index (χ2n) is 8.57. The van der Waals surface area contributed by atoms with Crippen LogP contribution in [0.3, 0.4) is 0 Å². The average Bonchev–Trinajstić information content (AvgIpc) is 3.63. The van der Waals surface area contributed by atoms with Crippen molar-refractivity contribution in [3.63, 3.8) is 0 Å². The molecule has 3 aromatic carbocycles. The van der Waals surface area contributed by atoms with Gasteiger partial charge in [0.25, 0.3) is 0 Å². The van der Waals surface area contributed by atoms with E-state index in [9.17, 15) is 18.0 Å². The molecular formula is C27H23F3N2O4. The summed E-state index contributed by atoms with van der Waals surface area (Å²) in [5.41, 5.74) is 5.64. The van der Waals surface area contributed by atoms with Gasteiger partial charge in [-0.25, -0.2) is 4.79 Å². The molecule has 0 atom stereocenters. The van der Waals surface area contributed by atoms with Gasteiger partial charge in [0.1, 0.15) is 18.1 Å². The number of fused-ring (bicyclic) bond motifs is 1. The summed E-state index contributed by atoms with van der Waals surface area (Å²) in [5, 5.41) is 0.819. The second-order valence-corrected chi connectivity index (χ2v) is 8.57. The molecule has 5 rings (SSSR count). The summed E-state index contributed by atoms with van der Waals surface area (Å²) < 4.78 is 49.4. The monoisotopic (exact) mass is 496 g/mol. The first-order valence-electron chi connectivity index (χ1n) is 11.5. The molecule has 1 aliphatic rings. The van der Waals surface area contributed by atoms with Gasteiger partial charge in [-0.2, -0.15) is 0 Å². The Hall–Kier alpha value is -3.98. The summed E-state index contributed by atoms with van der Waals surface area (Å²) >= 11 is 0. The van der Waals surface area contributed by atoms with Crippen molar-refractivity contribution >= 4 is 16.9 Å². The van der Waals surface area contributed by atoms with Gasteiger partial charge in [-0.15, -0.1) is 18.7 Å². The number of benzene rings is 3. The number of para-hydroxylation sites is 1. The van der Waals surface area contributed by atoms with Crippen LogP contribution in [0.2, 0.25) is 0 Å². The van der Waals surface area contributed by atoms with E-state index in [1.165, 1.54) is 12.1 Å². The van der Waals surface area contributed by atoms with Gasteiger partial charge in [0.15, 0.2) is 0 Å². The molecule has 0 bridgehead atoms. The molecular weight excluding hydrogens is 473 g/mol. The van der Waals surface area contributed by atoms with Crippen molar-refractivity contribution in [3.8, 4) is 11.5 Å². The van der Waals surface area contributed by atoms with Crippen LogP contribution in [0.4, 0.5) is 13.2 Å². The van der Waals surface area contributed by atoms with Crippen LogP contribution < -0.4 is 15.0 Å². The molecule has 0 amide bonds. The van der Waals surface area contributed by atoms with Gasteiger partial charge in [0.05, 0.1) is 11.3 Å². The molecule has 1 heterocycles. The molecule has 1 aromatic heterocycles. The minimum atomic E-state index is -4.74. The second kappa shape index (κ2) is 9.94. The molecule has 0 unspecified atom stereocenters. The zero-order valence-electron chi connectivity index (χ0n) is 19.1. The maximum absolute atomic E-state index is 12.5. The average molecular weight is 496 g/mol. The third-order valence-corrected chi connectivity index (χ3v) is 5.75. The highest BCUT2D eigenvalue weighted by Crippen LogP contribution is 2.27. The minimum Gasteiger partial charge on any atom is -0.487 e. The maximum Gasteiger partial charge on any atom is 0.573 e. The molecule has 1 aliphatic carbocycles. The SMILES string of the molecule is O=C(ONC1CC1)c1ccc2c(c1)cc(COc1ccccc1)n2Cc1ccc(OC(F)(F)F)cc1. The van der Waals surface area contributed by atoms with E-state index in [1.54, 1.807) is 24.3 Å². The number of hydrogen-bond donors (Lipinski definition) is 1. The first kappa shape index (κ1) is 23.7. The molecule has 4 aromatic rings. The Morgan fingerprint density at radius 2 is 1.69 bits per heavy atom. The highest BCUT2D eigenvalue weighted by atomic mass is 19.4. The molecule has 1 N–H and O–H groups in total. The first-order valence-corrected chi connectivity index (χ1v) is 11.5. The van der Waals surface area contributed by atoms with Crippen LogP contribution in [0, 0.1) is 0 Å². The molecule has 1 fully saturated rings. The van der Waals surface area contributed by atoms with E-state index >= 15 is 0 Å². The van der Waals surface area contributed by atoms with Gasteiger partial charge >= 0.3 is 12.3 Å². The topological polar surface area (TPSA) is 61.7 Å². The number of halogens is 3. The summed E-state index contributed by atoms with van der Waals surface area (Å²) in [6.07, 6.45) is -2.76. The van der Waals surface area contributed by atoms with Crippen LogP contribution >= 0.6 is 0 Å². The third-order valence-electron chi connectivity index (χ3n) is 5.75. The Morgan fingerprint density at radius 1 is 0.944 bits per heavy atom. The number of hydrogen-bond acceptors (Lipinski definition) is 5. The van der Waals surface area contributed by atoms with Crippen molar-refractivity contribution < 1.29 is 32.3 Å². The molecule has 6 nitrogen and oxygen atoms in total. The highest BCUT2D eigenvalue weighted by Gasteiger charge is 2.31. The normalized spacial score (nSPS) is 13.5. The predicted octanol–water partition coefficient (Wildman–Crippen LogP) is 5.99.